The third-order valence-corrected chi connectivity index (χ3v) is 5.76. The molecule has 31 heavy (non-hydrogen) atoms. The van der Waals surface area contributed by atoms with Gasteiger partial charge in [0, 0.05) is 56.1 Å². The van der Waals surface area contributed by atoms with E-state index in [1.165, 1.54) is 5.69 Å². The number of fused-ring (bicyclic) bond motifs is 1. The largest absolute Gasteiger partial charge is 0.491 e. The molecule has 2 aliphatic rings. The first kappa shape index (κ1) is 21.2. The van der Waals surface area contributed by atoms with Crippen LogP contribution in [0.3, 0.4) is 0 Å². The second kappa shape index (κ2) is 9.86. The van der Waals surface area contributed by atoms with Gasteiger partial charge in [0.1, 0.15) is 18.5 Å². The number of β-amino-alcohol motifs (C(OH)–C–C–N with tert-alkyl or cyclic N) is 1. The van der Waals surface area contributed by atoms with Crippen molar-refractivity contribution in [2.24, 2.45) is 0 Å². The third kappa shape index (κ3) is 5.57. The lowest BCUT2D eigenvalue weighted by Crippen LogP contribution is -2.49. The summed E-state index contributed by atoms with van der Waals surface area (Å²) in [6, 6.07) is 14.0. The van der Waals surface area contributed by atoms with Crippen LogP contribution in [-0.4, -0.2) is 61.3 Å². The van der Waals surface area contributed by atoms with Crippen molar-refractivity contribution < 1.29 is 14.6 Å². The highest BCUT2D eigenvalue weighted by atomic mass is 16.5. The average molecular weight is 420 g/mol. The summed E-state index contributed by atoms with van der Waals surface area (Å²) in [5, 5.41) is 13.3. The van der Waals surface area contributed by atoms with E-state index in [1.807, 2.05) is 25.1 Å². The van der Waals surface area contributed by atoms with Crippen molar-refractivity contribution in [1.82, 2.24) is 4.90 Å². The molecule has 2 aromatic rings. The SMILES string of the molecule is CC#Cc1ccc(N2CCN(CC(O)COc3ccc4c(c3)CCC(=O)N4)CC2)cc1. The topological polar surface area (TPSA) is 65.0 Å². The van der Waals surface area contributed by atoms with Gasteiger partial charge in [0.15, 0.2) is 0 Å². The maximum Gasteiger partial charge on any atom is 0.224 e. The lowest BCUT2D eigenvalue weighted by molar-refractivity contribution is -0.116. The Balaban J connectivity index is 1.21. The zero-order valence-electron chi connectivity index (χ0n) is 17.9. The van der Waals surface area contributed by atoms with Crippen LogP contribution < -0.4 is 15.0 Å². The summed E-state index contributed by atoms with van der Waals surface area (Å²) in [4.78, 5) is 16.1. The van der Waals surface area contributed by atoms with Gasteiger partial charge in [0.25, 0.3) is 0 Å². The van der Waals surface area contributed by atoms with Crippen LogP contribution in [0.5, 0.6) is 5.75 Å². The highest BCUT2D eigenvalue weighted by Crippen LogP contribution is 2.27. The Morgan fingerprint density at radius 3 is 2.61 bits per heavy atom. The number of piperazine rings is 1. The number of nitrogens with zero attached hydrogens (tertiary/aromatic N) is 2. The number of hydrogen-bond donors (Lipinski definition) is 2. The number of hydrogen-bond acceptors (Lipinski definition) is 5. The van der Waals surface area contributed by atoms with Crippen molar-refractivity contribution in [3.05, 3.63) is 53.6 Å². The van der Waals surface area contributed by atoms with E-state index in [0.717, 1.165) is 55.2 Å². The molecule has 1 unspecified atom stereocenters. The van der Waals surface area contributed by atoms with Gasteiger partial charge in [-0.25, -0.2) is 0 Å². The van der Waals surface area contributed by atoms with Gasteiger partial charge in [-0.15, -0.1) is 5.92 Å². The fourth-order valence-corrected chi connectivity index (χ4v) is 4.08. The van der Waals surface area contributed by atoms with Crippen molar-refractivity contribution in [2.45, 2.75) is 25.9 Å². The van der Waals surface area contributed by atoms with E-state index in [2.05, 4.69) is 51.2 Å². The predicted octanol–water partition coefficient (Wildman–Crippen LogP) is 2.50. The Kier molecular flexibility index (Phi) is 6.76. The Morgan fingerprint density at radius 2 is 1.87 bits per heavy atom. The van der Waals surface area contributed by atoms with Gasteiger partial charge in [-0.1, -0.05) is 5.92 Å². The van der Waals surface area contributed by atoms with E-state index in [9.17, 15) is 9.90 Å². The van der Waals surface area contributed by atoms with E-state index in [1.54, 1.807) is 0 Å². The molecule has 2 aromatic carbocycles. The van der Waals surface area contributed by atoms with Crippen LogP contribution in [0.4, 0.5) is 11.4 Å². The molecule has 1 fully saturated rings. The first-order valence-corrected chi connectivity index (χ1v) is 10.8. The van der Waals surface area contributed by atoms with Crippen LogP contribution >= 0.6 is 0 Å². The average Bonchev–Trinajstić information content (AvgIpc) is 2.79. The summed E-state index contributed by atoms with van der Waals surface area (Å²) in [6.07, 6.45) is 0.677. The normalized spacial score (nSPS) is 17.2. The van der Waals surface area contributed by atoms with Crippen molar-refractivity contribution in [3.63, 3.8) is 0 Å². The molecule has 1 saturated heterocycles. The highest BCUT2D eigenvalue weighted by molar-refractivity contribution is 5.94. The molecular weight excluding hydrogens is 390 g/mol. The van der Waals surface area contributed by atoms with E-state index in [4.69, 9.17) is 4.74 Å². The highest BCUT2D eigenvalue weighted by Gasteiger charge is 2.20. The molecule has 0 aliphatic carbocycles. The quantitative estimate of drug-likeness (QED) is 0.705. The number of anilines is 2. The van der Waals surface area contributed by atoms with E-state index in [0.29, 0.717) is 13.0 Å². The number of aryl methyl sites for hydroxylation is 1. The van der Waals surface area contributed by atoms with Gasteiger partial charge in [0.05, 0.1) is 0 Å². The monoisotopic (exact) mass is 419 g/mol. The van der Waals surface area contributed by atoms with Gasteiger partial charge in [0.2, 0.25) is 5.91 Å². The Bertz CT molecular complexity index is 970. The number of aliphatic hydroxyl groups excluding tert-OH is 1. The van der Waals surface area contributed by atoms with Crippen LogP contribution in [0.2, 0.25) is 0 Å². The minimum Gasteiger partial charge on any atom is -0.491 e. The number of ether oxygens (including phenoxy) is 1. The number of rotatable bonds is 6. The molecule has 0 bridgehead atoms. The van der Waals surface area contributed by atoms with Gasteiger partial charge in [-0.05, 0) is 61.4 Å². The lowest BCUT2D eigenvalue weighted by Gasteiger charge is -2.36. The van der Waals surface area contributed by atoms with Gasteiger partial charge >= 0.3 is 0 Å². The minimum absolute atomic E-state index is 0.0551. The summed E-state index contributed by atoms with van der Waals surface area (Å²) < 4.78 is 5.81. The number of carbonyl (C=O) groups excluding carboxylic acids is 1. The maximum atomic E-state index is 11.5. The lowest BCUT2D eigenvalue weighted by atomic mass is 10.0. The summed E-state index contributed by atoms with van der Waals surface area (Å²) in [7, 11) is 0. The molecule has 1 atom stereocenters. The van der Waals surface area contributed by atoms with Crippen molar-refractivity contribution in [2.75, 3.05) is 49.5 Å². The minimum atomic E-state index is -0.547. The van der Waals surface area contributed by atoms with Gasteiger partial charge < -0.3 is 20.1 Å². The van der Waals surface area contributed by atoms with Crippen LogP contribution in [0.15, 0.2) is 42.5 Å². The maximum absolute atomic E-state index is 11.5. The van der Waals surface area contributed by atoms with Crippen molar-refractivity contribution in [1.29, 1.82) is 0 Å². The molecule has 2 aliphatic heterocycles. The summed E-state index contributed by atoms with van der Waals surface area (Å²) >= 11 is 0. The fourth-order valence-electron chi connectivity index (χ4n) is 4.08. The molecule has 2 N–H and O–H groups in total. The molecule has 0 radical (unpaired) electrons. The van der Waals surface area contributed by atoms with E-state index < -0.39 is 6.10 Å². The van der Waals surface area contributed by atoms with Crippen molar-refractivity contribution in [3.8, 4) is 17.6 Å². The Morgan fingerprint density at radius 1 is 1.10 bits per heavy atom. The van der Waals surface area contributed by atoms with Crippen LogP contribution in [0.1, 0.15) is 24.5 Å². The van der Waals surface area contributed by atoms with Crippen LogP contribution in [0.25, 0.3) is 0 Å². The Labute approximate surface area is 183 Å². The molecule has 4 rings (SSSR count). The van der Waals surface area contributed by atoms with Gasteiger partial charge in [-0.2, -0.15) is 0 Å². The number of amides is 1. The Hall–Kier alpha value is -3.01. The predicted molar refractivity (Wildman–Crippen MR) is 123 cm³/mol. The molecule has 0 aromatic heterocycles. The molecule has 0 saturated carbocycles. The summed E-state index contributed by atoms with van der Waals surface area (Å²) in [5.41, 5.74) is 4.19. The van der Waals surface area contributed by atoms with E-state index >= 15 is 0 Å². The zero-order chi connectivity index (χ0) is 21.6. The molecule has 6 heteroatoms. The zero-order valence-corrected chi connectivity index (χ0v) is 17.9. The number of aliphatic hydroxyl groups is 1. The summed E-state index contributed by atoms with van der Waals surface area (Å²) in [5.74, 6) is 6.78. The number of carbonyl (C=O) groups is 1. The van der Waals surface area contributed by atoms with Gasteiger partial charge in [-0.3, -0.25) is 9.69 Å². The molecule has 2 heterocycles. The first-order valence-electron chi connectivity index (χ1n) is 10.8. The van der Waals surface area contributed by atoms with Crippen LogP contribution in [0, 0.1) is 11.8 Å². The third-order valence-electron chi connectivity index (χ3n) is 5.76. The number of nitrogens with one attached hydrogen (secondary N) is 1. The van der Waals surface area contributed by atoms with Crippen molar-refractivity contribution >= 4 is 17.3 Å². The summed E-state index contributed by atoms with van der Waals surface area (Å²) in [6.45, 7) is 6.38. The number of benzene rings is 2. The molecule has 0 spiro atoms. The smallest absolute Gasteiger partial charge is 0.224 e. The second-order valence-electron chi connectivity index (χ2n) is 8.04. The molecular formula is C25H29N3O3. The molecule has 162 valence electrons. The van der Waals surface area contributed by atoms with Crippen LogP contribution in [-0.2, 0) is 11.2 Å². The first-order chi connectivity index (χ1) is 15.1. The molecule has 1 amide bonds. The van der Waals surface area contributed by atoms with E-state index in [-0.39, 0.29) is 12.5 Å². The fraction of sp³-hybridized carbons (Fsp3) is 0.400. The molecule has 6 nitrogen and oxygen atoms in total. The second-order valence-corrected chi connectivity index (χ2v) is 8.04. The standard InChI is InChI=1S/C25H29N3O3/c1-2-3-19-4-7-21(8-5-19)28-14-12-27(13-15-28)17-22(29)18-31-23-9-10-24-20(16-23)6-11-25(30)26-24/h4-5,7-10,16,22,29H,6,11-15,17-18H2,1H3,(H,26,30).